The summed E-state index contributed by atoms with van der Waals surface area (Å²) in [4.78, 5) is 16.3. The first-order valence-corrected chi connectivity index (χ1v) is 6.73. The summed E-state index contributed by atoms with van der Waals surface area (Å²) in [6, 6.07) is 13.2. The summed E-state index contributed by atoms with van der Waals surface area (Å²) in [6.07, 6.45) is 1.86. The SMILES string of the molecule is Cc1cccc(C(=O)Nc2cccc(CCCN)c2)n1. The number of aromatic nitrogens is 1. The molecule has 0 aliphatic carbocycles. The molecule has 1 aromatic carbocycles. The van der Waals surface area contributed by atoms with Gasteiger partial charge in [-0.15, -0.1) is 0 Å². The lowest BCUT2D eigenvalue weighted by Crippen LogP contribution is -2.14. The number of nitrogens with one attached hydrogen (secondary N) is 1. The Morgan fingerprint density at radius 3 is 2.80 bits per heavy atom. The molecule has 1 aromatic heterocycles. The second kappa shape index (κ2) is 6.82. The maximum atomic E-state index is 12.1. The third-order valence-electron chi connectivity index (χ3n) is 2.98. The second-order valence-electron chi connectivity index (χ2n) is 4.71. The highest BCUT2D eigenvalue weighted by Gasteiger charge is 2.07. The Morgan fingerprint density at radius 1 is 1.25 bits per heavy atom. The van der Waals surface area contributed by atoms with E-state index < -0.39 is 0 Å². The van der Waals surface area contributed by atoms with Gasteiger partial charge in [-0.1, -0.05) is 18.2 Å². The number of carbonyl (C=O) groups excluding carboxylic acids is 1. The van der Waals surface area contributed by atoms with Crippen molar-refractivity contribution in [3.8, 4) is 0 Å². The van der Waals surface area contributed by atoms with E-state index in [0.29, 0.717) is 12.2 Å². The van der Waals surface area contributed by atoms with Gasteiger partial charge in [-0.05, 0) is 56.1 Å². The Balaban J connectivity index is 2.07. The van der Waals surface area contributed by atoms with Crippen molar-refractivity contribution in [1.82, 2.24) is 4.98 Å². The Kier molecular flexibility index (Phi) is 4.85. The fourth-order valence-corrected chi connectivity index (χ4v) is 1.98. The zero-order valence-corrected chi connectivity index (χ0v) is 11.6. The predicted octanol–water partition coefficient (Wildman–Crippen LogP) is 2.53. The van der Waals surface area contributed by atoms with Crippen molar-refractivity contribution >= 4 is 11.6 Å². The summed E-state index contributed by atoms with van der Waals surface area (Å²) < 4.78 is 0. The first-order chi connectivity index (χ1) is 9.69. The molecule has 0 saturated carbocycles. The van der Waals surface area contributed by atoms with E-state index in [1.54, 1.807) is 6.07 Å². The van der Waals surface area contributed by atoms with E-state index >= 15 is 0 Å². The lowest BCUT2D eigenvalue weighted by molar-refractivity contribution is 0.102. The Hall–Kier alpha value is -2.20. The molecule has 4 nitrogen and oxygen atoms in total. The van der Waals surface area contributed by atoms with Crippen LogP contribution in [-0.4, -0.2) is 17.4 Å². The van der Waals surface area contributed by atoms with Crippen LogP contribution in [0.15, 0.2) is 42.5 Å². The molecule has 0 aliphatic rings. The highest BCUT2D eigenvalue weighted by Crippen LogP contribution is 2.13. The van der Waals surface area contributed by atoms with Crippen LogP contribution < -0.4 is 11.1 Å². The molecule has 2 aromatic rings. The molecule has 0 fully saturated rings. The maximum absolute atomic E-state index is 12.1. The summed E-state index contributed by atoms with van der Waals surface area (Å²) in [5.41, 5.74) is 8.72. The van der Waals surface area contributed by atoms with Gasteiger partial charge in [-0.2, -0.15) is 0 Å². The lowest BCUT2D eigenvalue weighted by atomic mass is 10.1. The van der Waals surface area contributed by atoms with Gasteiger partial charge in [-0.3, -0.25) is 4.79 Å². The van der Waals surface area contributed by atoms with Gasteiger partial charge in [0, 0.05) is 11.4 Å². The van der Waals surface area contributed by atoms with E-state index in [2.05, 4.69) is 10.3 Å². The summed E-state index contributed by atoms with van der Waals surface area (Å²) in [5.74, 6) is -0.190. The number of hydrogen-bond donors (Lipinski definition) is 2. The molecule has 0 atom stereocenters. The summed E-state index contributed by atoms with van der Waals surface area (Å²) in [6.45, 7) is 2.54. The molecule has 2 rings (SSSR count). The zero-order chi connectivity index (χ0) is 14.4. The minimum Gasteiger partial charge on any atom is -0.330 e. The highest BCUT2D eigenvalue weighted by molar-refractivity contribution is 6.02. The maximum Gasteiger partial charge on any atom is 0.274 e. The molecule has 4 heteroatoms. The van der Waals surface area contributed by atoms with Crippen LogP contribution in [-0.2, 0) is 6.42 Å². The fraction of sp³-hybridized carbons (Fsp3) is 0.250. The van der Waals surface area contributed by atoms with Crippen molar-refractivity contribution < 1.29 is 4.79 Å². The molecule has 1 amide bonds. The van der Waals surface area contributed by atoms with Crippen molar-refractivity contribution in [2.45, 2.75) is 19.8 Å². The van der Waals surface area contributed by atoms with E-state index in [4.69, 9.17) is 5.73 Å². The number of hydrogen-bond acceptors (Lipinski definition) is 3. The summed E-state index contributed by atoms with van der Waals surface area (Å²) >= 11 is 0. The molecule has 0 saturated heterocycles. The van der Waals surface area contributed by atoms with E-state index in [1.165, 1.54) is 5.56 Å². The predicted molar refractivity (Wildman–Crippen MR) is 80.7 cm³/mol. The third kappa shape index (κ3) is 3.90. The van der Waals surface area contributed by atoms with Crippen molar-refractivity contribution in [3.05, 3.63) is 59.4 Å². The van der Waals surface area contributed by atoms with Crippen LogP contribution in [0.2, 0.25) is 0 Å². The van der Waals surface area contributed by atoms with E-state index in [-0.39, 0.29) is 5.91 Å². The van der Waals surface area contributed by atoms with Gasteiger partial charge in [0.15, 0.2) is 0 Å². The number of nitrogens with two attached hydrogens (primary N) is 1. The van der Waals surface area contributed by atoms with Crippen molar-refractivity contribution in [3.63, 3.8) is 0 Å². The topological polar surface area (TPSA) is 68.0 Å². The molecule has 20 heavy (non-hydrogen) atoms. The highest BCUT2D eigenvalue weighted by atomic mass is 16.1. The van der Waals surface area contributed by atoms with Crippen molar-refractivity contribution in [1.29, 1.82) is 0 Å². The first-order valence-electron chi connectivity index (χ1n) is 6.73. The average molecular weight is 269 g/mol. The standard InChI is InChI=1S/C16H19N3O/c1-12-5-2-9-15(18-12)16(20)19-14-8-3-6-13(11-14)7-4-10-17/h2-3,5-6,8-9,11H,4,7,10,17H2,1H3,(H,19,20). The molecule has 0 unspecified atom stereocenters. The van der Waals surface area contributed by atoms with Gasteiger partial charge in [0.05, 0.1) is 0 Å². The van der Waals surface area contributed by atoms with Crippen LogP contribution in [0.4, 0.5) is 5.69 Å². The van der Waals surface area contributed by atoms with E-state index in [9.17, 15) is 4.79 Å². The van der Waals surface area contributed by atoms with E-state index in [0.717, 1.165) is 24.2 Å². The monoisotopic (exact) mass is 269 g/mol. The number of carbonyl (C=O) groups is 1. The van der Waals surface area contributed by atoms with E-state index in [1.807, 2.05) is 43.3 Å². The number of amides is 1. The molecule has 0 bridgehead atoms. The number of rotatable bonds is 5. The number of benzene rings is 1. The molecule has 1 heterocycles. The minimum absolute atomic E-state index is 0.190. The normalized spacial score (nSPS) is 10.3. The Morgan fingerprint density at radius 2 is 2.05 bits per heavy atom. The molecule has 0 aliphatic heterocycles. The molecular formula is C16H19N3O. The summed E-state index contributed by atoms with van der Waals surface area (Å²) in [7, 11) is 0. The molecule has 104 valence electrons. The van der Waals surface area contributed by atoms with Crippen LogP contribution in [0.25, 0.3) is 0 Å². The molecule has 0 radical (unpaired) electrons. The lowest BCUT2D eigenvalue weighted by Gasteiger charge is -2.07. The Bertz CT molecular complexity index is 596. The van der Waals surface area contributed by atoms with Crippen LogP contribution in [0.1, 0.15) is 28.2 Å². The van der Waals surface area contributed by atoms with Crippen LogP contribution in [0.3, 0.4) is 0 Å². The Labute approximate surface area is 119 Å². The van der Waals surface area contributed by atoms with Gasteiger partial charge in [-0.25, -0.2) is 4.98 Å². The number of aryl methyl sites for hydroxylation is 2. The second-order valence-corrected chi connectivity index (χ2v) is 4.71. The van der Waals surface area contributed by atoms with Crippen molar-refractivity contribution in [2.75, 3.05) is 11.9 Å². The smallest absolute Gasteiger partial charge is 0.274 e. The van der Waals surface area contributed by atoms with Gasteiger partial charge >= 0.3 is 0 Å². The van der Waals surface area contributed by atoms with Gasteiger partial charge in [0.2, 0.25) is 0 Å². The molecular weight excluding hydrogens is 250 g/mol. The zero-order valence-electron chi connectivity index (χ0n) is 11.6. The number of anilines is 1. The minimum atomic E-state index is -0.190. The summed E-state index contributed by atoms with van der Waals surface area (Å²) in [5, 5.41) is 2.87. The van der Waals surface area contributed by atoms with Crippen LogP contribution in [0.5, 0.6) is 0 Å². The number of pyridine rings is 1. The molecule has 0 spiro atoms. The van der Waals surface area contributed by atoms with Crippen LogP contribution >= 0.6 is 0 Å². The number of nitrogens with zero attached hydrogens (tertiary/aromatic N) is 1. The fourth-order valence-electron chi connectivity index (χ4n) is 1.98. The largest absolute Gasteiger partial charge is 0.330 e. The molecule has 3 N–H and O–H groups in total. The van der Waals surface area contributed by atoms with Crippen molar-refractivity contribution in [2.24, 2.45) is 5.73 Å². The van der Waals surface area contributed by atoms with Crippen LogP contribution in [0, 0.1) is 6.92 Å². The van der Waals surface area contributed by atoms with Gasteiger partial charge < -0.3 is 11.1 Å². The quantitative estimate of drug-likeness (QED) is 0.876. The average Bonchev–Trinajstić information content (AvgIpc) is 2.45. The third-order valence-corrected chi connectivity index (χ3v) is 2.98. The van der Waals surface area contributed by atoms with Gasteiger partial charge in [0.1, 0.15) is 5.69 Å². The van der Waals surface area contributed by atoms with Gasteiger partial charge in [0.25, 0.3) is 5.91 Å². The first kappa shape index (κ1) is 14.2.